The van der Waals surface area contributed by atoms with Crippen LogP contribution in [0.3, 0.4) is 0 Å². The number of nitrogens with two attached hydrogens (primary N) is 1. The number of aliphatic hydroxyl groups is 1. The molecule has 0 bridgehead atoms. The Bertz CT molecular complexity index is 720. The van der Waals surface area contributed by atoms with Gasteiger partial charge in [0.2, 0.25) is 0 Å². The van der Waals surface area contributed by atoms with Crippen LogP contribution in [0.5, 0.6) is 0 Å². The van der Waals surface area contributed by atoms with Gasteiger partial charge >= 0.3 is 0 Å². The van der Waals surface area contributed by atoms with Gasteiger partial charge in [0.1, 0.15) is 6.04 Å². The molecule has 0 spiro atoms. The molecule has 0 radical (unpaired) electrons. The van der Waals surface area contributed by atoms with Gasteiger partial charge in [-0.25, -0.2) is 5.48 Å². The SMILES string of the molecule is CC(C)(N)[C@H](NC(=O)c1ccc(C#C[C@H]2CC[C@H](O)CC2)cc1)C(=O)NO. The van der Waals surface area contributed by atoms with Gasteiger partial charge in [0, 0.05) is 22.6 Å². The van der Waals surface area contributed by atoms with Crippen LogP contribution in [0.1, 0.15) is 55.5 Å². The Kier molecular flexibility index (Phi) is 6.97. The molecule has 1 aromatic carbocycles. The van der Waals surface area contributed by atoms with Gasteiger partial charge in [-0.1, -0.05) is 11.8 Å². The molecule has 1 aromatic rings. The number of carbonyl (C=O) groups is 2. The van der Waals surface area contributed by atoms with E-state index in [1.165, 1.54) is 5.48 Å². The maximum Gasteiger partial charge on any atom is 0.267 e. The minimum absolute atomic E-state index is 0.198. The fraction of sp³-hybridized carbons (Fsp3) is 0.500. The van der Waals surface area contributed by atoms with Crippen LogP contribution in [0, 0.1) is 17.8 Å². The standard InChI is InChI=1S/C20H27N3O4/c1-20(2,21)17(19(26)23-27)22-18(25)15-9-5-13(6-10-15)3-4-14-7-11-16(24)12-8-14/h5-6,9-10,14,16-17,24,27H,7-8,11-12,21H2,1-2H3,(H,22,25)(H,23,26)/t14-,16-,17-/m1/s1. The number of aliphatic hydroxyl groups excluding tert-OH is 1. The predicted octanol–water partition coefficient (Wildman–Crippen LogP) is 0.930. The number of hydrogen-bond donors (Lipinski definition) is 5. The van der Waals surface area contributed by atoms with Crippen molar-refractivity contribution in [3.05, 3.63) is 35.4 Å². The average Bonchev–Trinajstić information content (AvgIpc) is 2.64. The van der Waals surface area contributed by atoms with Crippen LogP contribution in [0.15, 0.2) is 24.3 Å². The third kappa shape index (κ3) is 6.07. The van der Waals surface area contributed by atoms with Crippen molar-refractivity contribution < 1.29 is 19.9 Å². The zero-order valence-electron chi connectivity index (χ0n) is 15.7. The smallest absolute Gasteiger partial charge is 0.267 e. The fourth-order valence-electron chi connectivity index (χ4n) is 2.98. The van der Waals surface area contributed by atoms with Crippen molar-refractivity contribution in [3.63, 3.8) is 0 Å². The van der Waals surface area contributed by atoms with E-state index in [9.17, 15) is 14.7 Å². The number of hydroxylamine groups is 1. The van der Waals surface area contributed by atoms with Gasteiger partial charge in [0.15, 0.2) is 0 Å². The van der Waals surface area contributed by atoms with Gasteiger partial charge in [-0.05, 0) is 63.8 Å². The van der Waals surface area contributed by atoms with Crippen molar-refractivity contribution in [1.29, 1.82) is 0 Å². The van der Waals surface area contributed by atoms with Crippen molar-refractivity contribution in [2.45, 2.75) is 57.2 Å². The summed E-state index contributed by atoms with van der Waals surface area (Å²) in [6, 6.07) is 5.65. The summed E-state index contributed by atoms with van der Waals surface area (Å²) in [5.74, 6) is 5.37. The molecule has 7 nitrogen and oxygen atoms in total. The average molecular weight is 373 g/mol. The summed E-state index contributed by atoms with van der Waals surface area (Å²) in [4.78, 5) is 24.1. The first kappa shape index (κ1) is 20.9. The molecule has 146 valence electrons. The molecule has 1 aliphatic carbocycles. The summed E-state index contributed by atoms with van der Waals surface area (Å²) in [5.41, 5.74) is 7.53. The second kappa shape index (κ2) is 9.00. The third-order valence-electron chi connectivity index (χ3n) is 4.66. The Balaban J connectivity index is 2.02. The highest BCUT2D eigenvalue weighted by Gasteiger charge is 2.33. The van der Waals surface area contributed by atoms with E-state index in [0.717, 1.165) is 31.2 Å². The lowest BCUT2D eigenvalue weighted by atomic mass is 9.88. The summed E-state index contributed by atoms with van der Waals surface area (Å²) < 4.78 is 0. The Labute approximate surface area is 159 Å². The number of rotatable bonds is 4. The Morgan fingerprint density at radius 2 is 1.78 bits per heavy atom. The number of nitrogens with one attached hydrogen (secondary N) is 2. The van der Waals surface area contributed by atoms with E-state index in [4.69, 9.17) is 10.9 Å². The van der Waals surface area contributed by atoms with E-state index in [0.29, 0.717) is 11.5 Å². The molecular weight excluding hydrogens is 346 g/mol. The lowest BCUT2D eigenvalue weighted by molar-refractivity contribution is -0.132. The lowest BCUT2D eigenvalue weighted by Gasteiger charge is -2.29. The van der Waals surface area contributed by atoms with Crippen LogP contribution in [0.2, 0.25) is 0 Å². The molecule has 0 aromatic heterocycles. The minimum atomic E-state index is -1.09. The first-order chi connectivity index (χ1) is 12.7. The van der Waals surface area contributed by atoms with Crippen LogP contribution >= 0.6 is 0 Å². The Hall–Kier alpha value is -2.40. The summed E-state index contributed by atoms with van der Waals surface area (Å²) in [5, 5.41) is 20.9. The van der Waals surface area contributed by atoms with Gasteiger partial charge in [-0.2, -0.15) is 0 Å². The minimum Gasteiger partial charge on any atom is -0.393 e. The Morgan fingerprint density at radius 1 is 1.19 bits per heavy atom. The molecule has 27 heavy (non-hydrogen) atoms. The van der Waals surface area contributed by atoms with Crippen LogP contribution < -0.4 is 16.5 Å². The quantitative estimate of drug-likeness (QED) is 0.305. The maximum absolute atomic E-state index is 12.4. The number of amides is 2. The highest BCUT2D eigenvalue weighted by molar-refractivity contribution is 5.97. The lowest BCUT2D eigenvalue weighted by Crippen LogP contribution is -2.61. The first-order valence-corrected chi connectivity index (χ1v) is 9.04. The molecule has 0 saturated heterocycles. The molecule has 0 aliphatic heterocycles. The van der Waals surface area contributed by atoms with Crippen LogP contribution in [0.4, 0.5) is 0 Å². The summed E-state index contributed by atoms with van der Waals surface area (Å²) >= 11 is 0. The third-order valence-corrected chi connectivity index (χ3v) is 4.66. The van der Waals surface area contributed by atoms with E-state index in [-0.39, 0.29) is 6.10 Å². The van der Waals surface area contributed by atoms with Crippen LogP contribution in [0.25, 0.3) is 0 Å². The maximum atomic E-state index is 12.4. The zero-order valence-corrected chi connectivity index (χ0v) is 15.7. The predicted molar refractivity (Wildman–Crippen MR) is 101 cm³/mol. The summed E-state index contributed by atoms with van der Waals surface area (Å²) in [6.07, 6.45) is 3.18. The molecule has 7 heteroatoms. The van der Waals surface area contributed by atoms with Crippen molar-refractivity contribution >= 4 is 11.8 Å². The van der Waals surface area contributed by atoms with Crippen molar-refractivity contribution in [3.8, 4) is 11.8 Å². The molecule has 2 rings (SSSR count). The van der Waals surface area contributed by atoms with E-state index in [1.54, 1.807) is 38.1 Å². The van der Waals surface area contributed by atoms with Crippen molar-refractivity contribution in [1.82, 2.24) is 10.8 Å². The van der Waals surface area contributed by atoms with Gasteiger partial charge in [-0.3, -0.25) is 14.8 Å². The molecule has 1 atom stereocenters. The highest BCUT2D eigenvalue weighted by atomic mass is 16.5. The van der Waals surface area contributed by atoms with E-state index in [2.05, 4.69) is 17.2 Å². The molecule has 0 unspecified atom stereocenters. The van der Waals surface area contributed by atoms with Crippen LogP contribution in [-0.4, -0.2) is 39.8 Å². The van der Waals surface area contributed by atoms with E-state index in [1.807, 2.05) is 0 Å². The number of hydrogen-bond acceptors (Lipinski definition) is 5. The summed E-state index contributed by atoms with van der Waals surface area (Å²) in [7, 11) is 0. The molecular formula is C20H27N3O4. The number of benzene rings is 1. The molecule has 6 N–H and O–H groups in total. The van der Waals surface area contributed by atoms with E-state index >= 15 is 0 Å². The van der Waals surface area contributed by atoms with Crippen LogP contribution in [-0.2, 0) is 4.79 Å². The zero-order chi connectivity index (χ0) is 20.0. The second-order valence-electron chi connectivity index (χ2n) is 7.56. The highest BCUT2D eigenvalue weighted by Crippen LogP contribution is 2.23. The molecule has 1 fully saturated rings. The van der Waals surface area contributed by atoms with Gasteiger partial charge in [0.05, 0.1) is 6.10 Å². The number of carbonyl (C=O) groups excluding carboxylic acids is 2. The summed E-state index contributed by atoms with van der Waals surface area (Å²) in [6.45, 7) is 3.16. The topological polar surface area (TPSA) is 125 Å². The fourth-order valence-corrected chi connectivity index (χ4v) is 2.98. The Morgan fingerprint density at radius 3 is 2.30 bits per heavy atom. The van der Waals surface area contributed by atoms with Gasteiger partial charge in [-0.15, -0.1) is 0 Å². The van der Waals surface area contributed by atoms with E-state index < -0.39 is 23.4 Å². The van der Waals surface area contributed by atoms with Gasteiger partial charge < -0.3 is 16.2 Å². The normalized spacial score (nSPS) is 20.8. The molecule has 1 saturated carbocycles. The van der Waals surface area contributed by atoms with Crippen molar-refractivity contribution in [2.24, 2.45) is 11.7 Å². The molecule has 2 amide bonds. The second-order valence-corrected chi connectivity index (χ2v) is 7.56. The first-order valence-electron chi connectivity index (χ1n) is 9.04. The monoisotopic (exact) mass is 373 g/mol. The largest absolute Gasteiger partial charge is 0.393 e. The van der Waals surface area contributed by atoms with Gasteiger partial charge in [0.25, 0.3) is 11.8 Å². The van der Waals surface area contributed by atoms with Crippen molar-refractivity contribution in [2.75, 3.05) is 0 Å². The molecule has 0 heterocycles. The molecule has 1 aliphatic rings.